The number of ether oxygens (including phenoxy) is 3. The minimum absolute atomic E-state index is 0.0545. The zero-order valence-electron chi connectivity index (χ0n) is 14.6. The van der Waals surface area contributed by atoms with Gasteiger partial charge in [-0.2, -0.15) is 0 Å². The van der Waals surface area contributed by atoms with Gasteiger partial charge in [-0.3, -0.25) is 9.59 Å². The second-order valence-corrected chi connectivity index (χ2v) is 7.98. The van der Waals surface area contributed by atoms with Gasteiger partial charge in [0, 0.05) is 24.2 Å². The number of carbonyl (C=O) groups excluding carboxylic acids is 2. The van der Waals surface area contributed by atoms with Gasteiger partial charge in [0.2, 0.25) is 0 Å². The van der Waals surface area contributed by atoms with E-state index in [0.29, 0.717) is 38.3 Å². The molecule has 5 nitrogen and oxygen atoms in total. The highest BCUT2D eigenvalue weighted by Crippen LogP contribution is 2.54. The van der Waals surface area contributed by atoms with Crippen molar-refractivity contribution in [2.45, 2.75) is 64.3 Å². The summed E-state index contributed by atoms with van der Waals surface area (Å²) in [6.45, 7) is 5.41. The molecule has 0 aromatic carbocycles. The molecule has 0 N–H and O–H groups in total. The molecule has 0 aromatic rings. The van der Waals surface area contributed by atoms with E-state index in [1.165, 1.54) is 0 Å². The Kier molecular flexibility index (Phi) is 3.94. The Morgan fingerprint density at radius 2 is 1.88 bits per heavy atom. The Morgan fingerprint density at radius 1 is 1.12 bits per heavy atom. The van der Waals surface area contributed by atoms with Crippen molar-refractivity contribution in [1.29, 1.82) is 0 Å². The van der Waals surface area contributed by atoms with Gasteiger partial charge in [-0.15, -0.1) is 0 Å². The van der Waals surface area contributed by atoms with E-state index in [1.807, 2.05) is 6.92 Å². The van der Waals surface area contributed by atoms with Gasteiger partial charge in [0.1, 0.15) is 12.4 Å². The van der Waals surface area contributed by atoms with Crippen molar-refractivity contribution in [3.63, 3.8) is 0 Å². The highest BCUT2D eigenvalue weighted by Gasteiger charge is 2.54. The van der Waals surface area contributed by atoms with E-state index >= 15 is 0 Å². The van der Waals surface area contributed by atoms with Gasteiger partial charge in [0.05, 0.1) is 19.3 Å². The molecule has 132 valence electrons. The molecule has 3 atom stereocenters. The normalized spacial score (nSPS) is 38.4. The number of fused-ring (bicyclic) bond motifs is 3. The third-order valence-corrected chi connectivity index (χ3v) is 6.61. The zero-order valence-corrected chi connectivity index (χ0v) is 14.6. The molecule has 5 heteroatoms. The molecule has 24 heavy (non-hydrogen) atoms. The Labute approximate surface area is 142 Å². The average molecular weight is 334 g/mol. The summed E-state index contributed by atoms with van der Waals surface area (Å²) in [5.74, 6) is 0.116. The second-order valence-electron chi connectivity index (χ2n) is 7.98. The van der Waals surface area contributed by atoms with Crippen molar-refractivity contribution in [3.8, 4) is 0 Å². The third-order valence-electron chi connectivity index (χ3n) is 6.61. The van der Waals surface area contributed by atoms with Crippen LogP contribution in [-0.2, 0) is 23.8 Å². The molecule has 0 spiro atoms. The number of ketones is 2. The standard InChI is InChI=1S/C19H26O5/c1-18-7-5-13-12(6-8-19(2)23-9-10-24-19)15(20)11-22-17(13)14(18)3-4-16(18)21/h14,17H,3-11H2,1-2H3/t14?,17?,18-/m0/s1. The van der Waals surface area contributed by atoms with Gasteiger partial charge in [-0.05, 0) is 43.8 Å². The van der Waals surface area contributed by atoms with Crippen LogP contribution < -0.4 is 0 Å². The molecule has 3 fully saturated rings. The number of hydrogen-bond acceptors (Lipinski definition) is 5. The average Bonchev–Trinajstić information content (AvgIpc) is 3.11. The summed E-state index contributed by atoms with van der Waals surface area (Å²) in [7, 11) is 0. The van der Waals surface area contributed by atoms with Gasteiger partial charge in [0.25, 0.3) is 0 Å². The molecule has 0 bridgehead atoms. The van der Waals surface area contributed by atoms with Crippen LogP contribution in [0.3, 0.4) is 0 Å². The summed E-state index contributed by atoms with van der Waals surface area (Å²) in [5, 5.41) is 0. The van der Waals surface area contributed by atoms with Crippen molar-refractivity contribution in [2.24, 2.45) is 11.3 Å². The Morgan fingerprint density at radius 3 is 2.62 bits per heavy atom. The molecule has 2 saturated carbocycles. The van der Waals surface area contributed by atoms with Crippen LogP contribution in [0.2, 0.25) is 0 Å². The van der Waals surface area contributed by atoms with Crippen LogP contribution in [0.1, 0.15) is 52.4 Å². The van der Waals surface area contributed by atoms with Crippen LogP contribution >= 0.6 is 0 Å². The number of rotatable bonds is 3. The quantitative estimate of drug-likeness (QED) is 0.794. The van der Waals surface area contributed by atoms with E-state index in [2.05, 4.69) is 6.92 Å². The molecule has 4 rings (SSSR count). The highest BCUT2D eigenvalue weighted by atomic mass is 16.7. The monoisotopic (exact) mass is 334 g/mol. The van der Waals surface area contributed by atoms with E-state index in [4.69, 9.17) is 14.2 Å². The van der Waals surface area contributed by atoms with Gasteiger partial charge in [-0.1, -0.05) is 6.92 Å². The molecular weight excluding hydrogens is 308 g/mol. The summed E-state index contributed by atoms with van der Waals surface area (Å²) in [6.07, 6.45) is 4.47. The second kappa shape index (κ2) is 5.75. The minimum atomic E-state index is -0.575. The van der Waals surface area contributed by atoms with Gasteiger partial charge >= 0.3 is 0 Å². The predicted molar refractivity (Wildman–Crippen MR) is 86.4 cm³/mol. The smallest absolute Gasteiger partial charge is 0.184 e. The fourth-order valence-corrected chi connectivity index (χ4v) is 5.01. The maximum absolute atomic E-state index is 12.5. The molecule has 0 amide bonds. The van der Waals surface area contributed by atoms with Crippen molar-refractivity contribution in [1.82, 2.24) is 0 Å². The summed E-state index contributed by atoms with van der Waals surface area (Å²) < 4.78 is 17.3. The maximum Gasteiger partial charge on any atom is 0.184 e. The first-order valence-electron chi connectivity index (χ1n) is 9.11. The van der Waals surface area contributed by atoms with E-state index in [9.17, 15) is 9.59 Å². The van der Waals surface area contributed by atoms with Crippen LogP contribution in [0, 0.1) is 11.3 Å². The number of Topliss-reactive ketones (excluding diaryl/α,β-unsaturated/α-hetero) is 2. The molecular formula is C19H26O5. The molecule has 2 heterocycles. The molecule has 2 aliphatic heterocycles. The van der Waals surface area contributed by atoms with E-state index in [0.717, 1.165) is 30.4 Å². The summed E-state index contributed by atoms with van der Waals surface area (Å²) in [4.78, 5) is 24.8. The van der Waals surface area contributed by atoms with Crippen molar-refractivity contribution < 1.29 is 23.8 Å². The first-order chi connectivity index (χ1) is 11.4. The van der Waals surface area contributed by atoms with Crippen molar-refractivity contribution in [3.05, 3.63) is 11.1 Å². The summed E-state index contributed by atoms with van der Waals surface area (Å²) >= 11 is 0. The zero-order chi connectivity index (χ0) is 16.9. The van der Waals surface area contributed by atoms with Crippen molar-refractivity contribution >= 4 is 11.6 Å². The lowest BCUT2D eigenvalue weighted by Crippen LogP contribution is -2.46. The lowest BCUT2D eigenvalue weighted by Gasteiger charge is -2.44. The third kappa shape index (κ3) is 2.49. The Balaban J connectivity index is 1.58. The molecule has 2 unspecified atom stereocenters. The first kappa shape index (κ1) is 16.4. The molecule has 0 radical (unpaired) electrons. The van der Waals surface area contributed by atoms with E-state index < -0.39 is 5.79 Å². The predicted octanol–water partition coefficient (Wildman–Crippen LogP) is 2.57. The summed E-state index contributed by atoms with van der Waals surface area (Å²) in [5.41, 5.74) is 1.79. The SMILES string of the molecule is CC1(CCC2=C3CC[C@]4(C)C(=O)CCC4C3OCC2=O)OCCO1. The van der Waals surface area contributed by atoms with Crippen LogP contribution in [0.25, 0.3) is 0 Å². The summed E-state index contributed by atoms with van der Waals surface area (Å²) in [6, 6.07) is 0. The lowest BCUT2D eigenvalue weighted by molar-refractivity contribution is -0.147. The van der Waals surface area contributed by atoms with E-state index in [1.54, 1.807) is 0 Å². The number of hydrogen-bond donors (Lipinski definition) is 0. The lowest BCUT2D eigenvalue weighted by atomic mass is 9.64. The van der Waals surface area contributed by atoms with E-state index in [-0.39, 0.29) is 29.8 Å². The topological polar surface area (TPSA) is 61.8 Å². The molecule has 1 saturated heterocycles. The maximum atomic E-state index is 12.5. The Bertz CT molecular complexity index is 601. The van der Waals surface area contributed by atoms with Gasteiger partial charge in [0.15, 0.2) is 11.6 Å². The highest BCUT2D eigenvalue weighted by molar-refractivity contribution is 5.98. The van der Waals surface area contributed by atoms with Crippen LogP contribution in [0.5, 0.6) is 0 Å². The fourth-order valence-electron chi connectivity index (χ4n) is 5.01. The minimum Gasteiger partial charge on any atom is -0.365 e. The molecule has 0 aromatic heterocycles. The van der Waals surface area contributed by atoms with Gasteiger partial charge < -0.3 is 14.2 Å². The molecule has 2 aliphatic carbocycles. The van der Waals surface area contributed by atoms with Crippen LogP contribution in [-0.4, -0.2) is 43.3 Å². The van der Waals surface area contributed by atoms with Crippen LogP contribution in [0.4, 0.5) is 0 Å². The molecule has 4 aliphatic rings. The number of carbonyl (C=O) groups is 2. The van der Waals surface area contributed by atoms with Crippen molar-refractivity contribution in [2.75, 3.05) is 19.8 Å². The van der Waals surface area contributed by atoms with Crippen LogP contribution in [0.15, 0.2) is 11.1 Å². The Hall–Kier alpha value is -1.04. The first-order valence-corrected chi connectivity index (χ1v) is 9.11. The van der Waals surface area contributed by atoms with Gasteiger partial charge in [-0.25, -0.2) is 0 Å². The fraction of sp³-hybridized carbons (Fsp3) is 0.789. The largest absolute Gasteiger partial charge is 0.365 e.